The van der Waals surface area contributed by atoms with Crippen molar-refractivity contribution in [1.29, 1.82) is 0 Å². The summed E-state index contributed by atoms with van der Waals surface area (Å²) in [6.07, 6.45) is 2.29. The molecule has 0 spiro atoms. The van der Waals surface area contributed by atoms with Gasteiger partial charge in [0.25, 0.3) is 0 Å². The lowest BCUT2D eigenvalue weighted by atomic mass is 10.2. The zero-order valence-electron chi connectivity index (χ0n) is 7.83. The second-order valence-corrected chi connectivity index (χ2v) is 4.78. The Kier molecular flexibility index (Phi) is 3.93. The van der Waals surface area contributed by atoms with Gasteiger partial charge >= 0.3 is 0 Å². The lowest BCUT2D eigenvalue weighted by Gasteiger charge is -1.92. The molecule has 0 aromatic carbocycles. The van der Waals surface area contributed by atoms with Crippen LogP contribution in [0.1, 0.15) is 28.4 Å². The summed E-state index contributed by atoms with van der Waals surface area (Å²) in [4.78, 5) is 16.2. The molecule has 0 saturated heterocycles. The summed E-state index contributed by atoms with van der Waals surface area (Å²) in [7, 11) is 0. The van der Waals surface area contributed by atoms with E-state index in [-0.39, 0.29) is 5.12 Å². The molecule has 1 rings (SSSR count). The quantitative estimate of drug-likeness (QED) is 0.782. The molecule has 1 aromatic heterocycles. The first-order valence-electron chi connectivity index (χ1n) is 4.24. The van der Waals surface area contributed by atoms with E-state index >= 15 is 0 Å². The van der Waals surface area contributed by atoms with E-state index in [2.05, 4.69) is 24.5 Å². The third-order valence-electron chi connectivity index (χ3n) is 1.85. The molecular weight excluding hydrogens is 202 g/mol. The number of thiazole rings is 1. The van der Waals surface area contributed by atoms with Crippen LogP contribution in [0.15, 0.2) is 0 Å². The van der Waals surface area contributed by atoms with Gasteiger partial charge in [-0.2, -0.15) is 0 Å². The van der Waals surface area contributed by atoms with Gasteiger partial charge in [0.05, 0.1) is 10.7 Å². The van der Waals surface area contributed by atoms with E-state index in [1.807, 2.05) is 6.92 Å². The Morgan fingerprint density at radius 2 is 2.23 bits per heavy atom. The van der Waals surface area contributed by atoms with Gasteiger partial charge in [0, 0.05) is 11.3 Å². The number of aryl methyl sites for hydroxylation is 3. The number of nitrogens with zero attached hydrogens (tertiary/aromatic N) is 1. The maximum absolute atomic E-state index is 10.6. The highest BCUT2D eigenvalue weighted by Gasteiger charge is 2.03. The van der Waals surface area contributed by atoms with Crippen molar-refractivity contribution in [3.63, 3.8) is 0 Å². The predicted molar refractivity (Wildman–Crippen MR) is 58.5 cm³/mol. The van der Waals surface area contributed by atoms with Crippen molar-refractivity contribution in [3.8, 4) is 0 Å². The van der Waals surface area contributed by atoms with Gasteiger partial charge in [0.15, 0.2) is 5.12 Å². The average Bonchev–Trinajstić information content (AvgIpc) is 2.30. The van der Waals surface area contributed by atoms with Gasteiger partial charge < -0.3 is 0 Å². The summed E-state index contributed by atoms with van der Waals surface area (Å²) in [5, 5.41) is 1.09. The molecule has 2 nitrogen and oxygen atoms in total. The number of carbonyl (C=O) groups is 1. The van der Waals surface area contributed by atoms with Crippen molar-refractivity contribution in [2.24, 2.45) is 0 Å². The Hall–Kier alpha value is -0.350. The average molecular weight is 215 g/mol. The van der Waals surface area contributed by atoms with Gasteiger partial charge in [-0.05, 0) is 26.7 Å². The number of thiol groups is 1. The minimum atomic E-state index is -0.0370. The summed E-state index contributed by atoms with van der Waals surface area (Å²) in [6.45, 7) is 4.08. The van der Waals surface area contributed by atoms with Crippen LogP contribution in [-0.2, 0) is 11.2 Å². The highest BCUT2D eigenvalue weighted by atomic mass is 32.1. The highest BCUT2D eigenvalue weighted by Crippen LogP contribution is 2.18. The number of carbonyl (C=O) groups excluding carboxylic acids is 1. The van der Waals surface area contributed by atoms with E-state index in [9.17, 15) is 4.79 Å². The molecule has 0 N–H and O–H groups in total. The lowest BCUT2D eigenvalue weighted by molar-refractivity contribution is -0.110. The van der Waals surface area contributed by atoms with Crippen LogP contribution >= 0.6 is 24.0 Å². The van der Waals surface area contributed by atoms with Crippen molar-refractivity contribution in [3.05, 3.63) is 15.6 Å². The van der Waals surface area contributed by atoms with Gasteiger partial charge in [-0.15, -0.1) is 24.0 Å². The maximum Gasteiger partial charge on any atom is 0.185 e. The smallest absolute Gasteiger partial charge is 0.185 e. The molecule has 0 unspecified atom stereocenters. The predicted octanol–water partition coefficient (Wildman–Crippen LogP) is 2.54. The maximum atomic E-state index is 10.6. The minimum Gasteiger partial charge on any atom is -0.288 e. The SMILES string of the molecule is Cc1nc(CCCC(=O)S)sc1C. The van der Waals surface area contributed by atoms with Crippen LogP contribution in [0, 0.1) is 13.8 Å². The van der Waals surface area contributed by atoms with Crippen LogP contribution in [0.2, 0.25) is 0 Å². The lowest BCUT2D eigenvalue weighted by Crippen LogP contribution is -1.89. The highest BCUT2D eigenvalue weighted by molar-refractivity contribution is 7.96. The van der Waals surface area contributed by atoms with Gasteiger partial charge in [-0.1, -0.05) is 0 Å². The molecule has 1 heterocycles. The first-order valence-corrected chi connectivity index (χ1v) is 5.50. The molecule has 13 heavy (non-hydrogen) atoms. The van der Waals surface area contributed by atoms with Crippen LogP contribution in [0.3, 0.4) is 0 Å². The number of hydrogen-bond acceptors (Lipinski definition) is 3. The van der Waals surface area contributed by atoms with Crippen molar-refractivity contribution in [1.82, 2.24) is 4.98 Å². The summed E-state index contributed by atoms with van der Waals surface area (Å²) in [5.74, 6) is 0. The van der Waals surface area contributed by atoms with Crippen LogP contribution < -0.4 is 0 Å². The summed E-state index contributed by atoms with van der Waals surface area (Å²) in [6, 6.07) is 0. The van der Waals surface area contributed by atoms with E-state index in [0.29, 0.717) is 6.42 Å². The van der Waals surface area contributed by atoms with E-state index in [4.69, 9.17) is 0 Å². The fourth-order valence-electron chi connectivity index (χ4n) is 1.04. The largest absolute Gasteiger partial charge is 0.288 e. The van der Waals surface area contributed by atoms with Gasteiger partial charge in [0.2, 0.25) is 0 Å². The molecule has 0 aliphatic rings. The molecule has 0 radical (unpaired) electrons. The summed E-state index contributed by atoms with van der Waals surface area (Å²) >= 11 is 5.43. The molecule has 0 fully saturated rings. The third-order valence-corrected chi connectivity index (χ3v) is 3.21. The molecule has 0 atom stereocenters. The van der Waals surface area contributed by atoms with E-state index < -0.39 is 0 Å². The van der Waals surface area contributed by atoms with Gasteiger partial charge in [-0.3, -0.25) is 4.79 Å². The standard InChI is InChI=1S/C9H13NOS2/c1-6-7(2)13-8(10-6)4-3-5-9(11)12/h3-5H2,1-2H3,(H,11,12). The molecule has 1 aromatic rings. The van der Waals surface area contributed by atoms with E-state index in [1.165, 1.54) is 4.88 Å². The normalized spacial score (nSPS) is 10.4. The number of hydrogen-bond donors (Lipinski definition) is 1. The van der Waals surface area contributed by atoms with Gasteiger partial charge in [0.1, 0.15) is 0 Å². The van der Waals surface area contributed by atoms with E-state index in [0.717, 1.165) is 23.5 Å². The Balaban J connectivity index is 2.41. The van der Waals surface area contributed by atoms with Crippen LogP contribution in [-0.4, -0.2) is 10.1 Å². The third kappa shape index (κ3) is 3.48. The van der Waals surface area contributed by atoms with Crippen molar-refractivity contribution < 1.29 is 4.79 Å². The fraction of sp³-hybridized carbons (Fsp3) is 0.556. The number of rotatable bonds is 4. The number of aromatic nitrogens is 1. The molecule has 4 heteroatoms. The van der Waals surface area contributed by atoms with Crippen LogP contribution in [0.25, 0.3) is 0 Å². The zero-order valence-corrected chi connectivity index (χ0v) is 9.54. The first-order chi connectivity index (χ1) is 6.09. The molecule has 72 valence electrons. The topological polar surface area (TPSA) is 30.0 Å². The van der Waals surface area contributed by atoms with Crippen molar-refractivity contribution >= 4 is 29.1 Å². The van der Waals surface area contributed by atoms with Crippen molar-refractivity contribution in [2.75, 3.05) is 0 Å². The fourth-order valence-corrected chi connectivity index (χ4v) is 2.17. The van der Waals surface area contributed by atoms with Gasteiger partial charge in [-0.25, -0.2) is 4.98 Å². The first kappa shape index (κ1) is 10.7. The Morgan fingerprint density at radius 3 is 2.69 bits per heavy atom. The van der Waals surface area contributed by atoms with E-state index in [1.54, 1.807) is 11.3 Å². The summed E-state index contributed by atoms with van der Waals surface area (Å²) < 4.78 is 0. The zero-order chi connectivity index (χ0) is 9.84. The van der Waals surface area contributed by atoms with Crippen LogP contribution in [0.4, 0.5) is 0 Å². The molecule has 0 aliphatic heterocycles. The monoisotopic (exact) mass is 215 g/mol. The molecule has 0 bridgehead atoms. The Bertz CT molecular complexity index is 287. The molecule has 0 aliphatic carbocycles. The summed E-state index contributed by atoms with van der Waals surface area (Å²) in [5.41, 5.74) is 1.11. The van der Waals surface area contributed by atoms with Crippen LogP contribution in [0.5, 0.6) is 0 Å². The second kappa shape index (κ2) is 4.77. The molecule has 0 saturated carbocycles. The molecular formula is C9H13NOS2. The Labute approximate surface area is 87.8 Å². The second-order valence-electron chi connectivity index (χ2n) is 3.00. The Morgan fingerprint density at radius 1 is 1.54 bits per heavy atom. The molecule has 0 amide bonds. The van der Waals surface area contributed by atoms with Crippen molar-refractivity contribution in [2.45, 2.75) is 33.1 Å². The minimum absolute atomic E-state index is 0.0370.